The molecule has 8 aliphatic rings. The van der Waals surface area contributed by atoms with Crippen molar-refractivity contribution in [2.75, 3.05) is 0 Å². The first kappa shape index (κ1) is 32.6. The zero-order chi connectivity index (χ0) is 32.9. The maximum atomic E-state index is 11.9. The van der Waals surface area contributed by atoms with E-state index >= 15 is 0 Å². The Morgan fingerprint density at radius 2 is 1.15 bits per heavy atom. The van der Waals surface area contributed by atoms with Crippen molar-refractivity contribution < 1.29 is 21.2 Å². The van der Waals surface area contributed by atoms with Gasteiger partial charge in [-0.05, 0) is 148 Å². The molecule has 8 rings (SSSR count). The molecule has 12 atom stereocenters. The second-order valence-corrected chi connectivity index (χ2v) is 18.1. The summed E-state index contributed by atoms with van der Waals surface area (Å²) in [5.41, 5.74) is 1.55. The third-order valence-electron chi connectivity index (χ3n) is 16.9. The van der Waals surface area contributed by atoms with Crippen LogP contribution in [0.25, 0.3) is 0 Å². The van der Waals surface area contributed by atoms with Crippen LogP contribution in [0.15, 0.2) is 36.0 Å². The molecule has 6 saturated carbocycles. The molecular weight excluding hydrogens is 568 g/mol. The molecule has 46 heavy (non-hydrogen) atoms. The molecule has 0 aromatic heterocycles. The van der Waals surface area contributed by atoms with Gasteiger partial charge in [0, 0.05) is 25.1 Å². The molecule has 4 heteroatoms. The summed E-state index contributed by atoms with van der Waals surface area (Å²) in [6.07, 6.45) is 27.8. The Morgan fingerprint density at radius 3 is 1.65 bits per heavy atom. The first-order valence-corrected chi connectivity index (χ1v) is 18.7. The fourth-order valence-corrected chi connectivity index (χ4v) is 13.8. The van der Waals surface area contributed by atoms with Crippen molar-refractivity contribution in [1.29, 1.82) is 0 Å². The molecule has 0 bridgehead atoms. The van der Waals surface area contributed by atoms with Crippen molar-refractivity contribution in [2.24, 2.45) is 57.2 Å². The highest BCUT2D eigenvalue weighted by atomic mass is 16.3. The Balaban J connectivity index is 0.000000161. The van der Waals surface area contributed by atoms with Crippen LogP contribution in [0, 0.1) is 69.5 Å². The van der Waals surface area contributed by atoms with Gasteiger partial charge in [0.25, 0.3) is 0 Å². The second-order valence-electron chi connectivity index (χ2n) is 18.1. The highest BCUT2D eigenvalue weighted by Crippen LogP contribution is 2.69. The molecule has 6 unspecified atom stereocenters. The van der Waals surface area contributed by atoms with E-state index in [1.807, 2.05) is 18.2 Å². The topological polar surface area (TPSA) is 74.6 Å². The second kappa shape index (κ2) is 10.8. The van der Waals surface area contributed by atoms with Crippen molar-refractivity contribution in [1.82, 2.24) is 0 Å². The van der Waals surface area contributed by atoms with Gasteiger partial charge >= 0.3 is 0 Å². The van der Waals surface area contributed by atoms with Crippen LogP contribution in [0.2, 0.25) is 0 Å². The molecule has 2 N–H and O–H groups in total. The fraction of sp³-hybridized carbons (Fsp3) is 0.762. The molecule has 4 nitrogen and oxygen atoms in total. The van der Waals surface area contributed by atoms with Crippen LogP contribution in [-0.2, 0) is 9.59 Å². The average molecular weight is 629 g/mol. The zero-order valence-electron chi connectivity index (χ0n) is 29.0. The van der Waals surface area contributed by atoms with Gasteiger partial charge in [0.05, 0.1) is 5.60 Å². The summed E-state index contributed by atoms with van der Waals surface area (Å²) in [5, 5.41) is 22.1. The van der Waals surface area contributed by atoms with Crippen LogP contribution in [0.4, 0.5) is 0 Å². The number of ketones is 2. The van der Waals surface area contributed by atoms with Gasteiger partial charge < -0.3 is 10.2 Å². The van der Waals surface area contributed by atoms with Gasteiger partial charge in [-0.25, -0.2) is 0 Å². The number of terminal acetylenes is 1. The minimum absolute atomic E-state index is 0. The quantitative estimate of drug-likeness (QED) is 0.225. The van der Waals surface area contributed by atoms with Gasteiger partial charge in [-0.3, -0.25) is 9.59 Å². The number of fused-ring (bicyclic) bond motifs is 10. The van der Waals surface area contributed by atoms with Crippen molar-refractivity contribution in [2.45, 2.75) is 142 Å². The first-order valence-electron chi connectivity index (χ1n) is 18.7. The van der Waals surface area contributed by atoms with E-state index in [9.17, 15) is 19.8 Å². The lowest BCUT2D eigenvalue weighted by atomic mass is 9.46. The van der Waals surface area contributed by atoms with Gasteiger partial charge in [0.2, 0.25) is 0 Å². The van der Waals surface area contributed by atoms with Gasteiger partial charge in [-0.1, -0.05) is 50.8 Å². The van der Waals surface area contributed by atoms with Crippen LogP contribution >= 0.6 is 0 Å². The number of aliphatic hydroxyl groups is 2. The summed E-state index contributed by atoms with van der Waals surface area (Å²) in [4.78, 5) is 23.7. The molecular formula is C42H60O4. The van der Waals surface area contributed by atoms with Crippen LogP contribution in [-0.4, -0.2) is 33.0 Å². The van der Waals surface area contributed by atoms with Gasteiger partial charge in [0.1, 0.15) is 5.60 Å². The predicted octanol–water partition coefficient (Wildman–Crippen LogP) is 8.56. The van der Waals surface area contributed by atoms with Crippen LogP contribution in [0.3, 0.4) is 0 Å². The maximum absolute atomic E-state index is 11.9. The fourth-order valence-electron chi connectivity index (χ4n) is 13.8. The summed E-state index contributed by atoms with van der Waals surface area (Å²) >= 11 is 0. The first-order chi connectivity index (χ1) is 21.7. The van der Waals surface area contributed by atoms with Gasteiger partial charge in [-0.15, -0.1) is 13.0 Å². The van der Waals surface area contributed by atoms with Crippen molar-refractivity contribution >= 4 is 11.6 Å². The highest BCUT2D eigenvalue weighted by Gasteiger charge is 2.64. The SMILES string of the molecule is C#C[C@]1(O)CCC2C3CCC4=CC(=O)CC[C@]4(C)C3CC[C@@]21C.C=C[C@]1(O)CCC2C3CCC4=CC(=O)CC[C@]4(C)C3CC[C@@]21C.[HH]. The number of hydrogen-bond donors (Lipinski definition) is 2. The Bertz CT molecular complexity index is 1440. The summed E-state index contributed by atoms with van der Waals surface area (Å²) in [6.45, 7) is 13.3. The van der Waals surface area contributed by atoms with Crippen molar-refractivity contribution in [3.05, 3.63) is 36.0 Å². The molecule has 0 aromatic carbocycles. The van der Waals surface area contributed by atoms with E-state index in [1.54, 1.807) is 0 Å². The molecule has 0 saturated heterocycles. The van der Waals surface area contributed by atoms with E-state index in [2.05, 4.69) is 40.2 Å². The molecule has 6 fully saturated rings. The Labute approximate surface area is 279 Å². The third-order valence-corrected chi connectivity index (χ3v) is 16.9. The zero-order valence-corrected chi connectivity index (χ0v) is 29.0. The largest absolute Gasteiger partial charge is 0.385 e. The van der Waals surface area contributed by atoms with E-state index in [0.29, 0.717) is 53.5 Å². The van der Waals surface area contributed by atoms with E-state index in [1.165, 1.54) is 30.4 Å². The molecule has 0 heterocycles. The van der Waals surface area contributed by atoms with Crippen molar-refractivity contribution in [3.8, 4) is 12.3 Å². The summed E-state index contributed by atoms with van der Waals surface area (Å²) in [7, 11) is 0. The van der Waals surface area contributed by atoms with Gasteiger partial charge in [-0.2, -0.15) is 0 Å². The molecule has 252 valence electrons. The summed E-state index contributed by atoms with van der Waals surface area (Å²) < 4.78 is 0. The van der Waals surface area contributed by atoms with Crippen LogP contribution in [0.1, 0.15) is 132 Å². The third kappa shape index (κ3) is 4.32. The summed E-state index contributed by atoms with van der Waals surface area (Å²) in [6, 6.07) is 0. The van der Waals surface area contributed by atoms with Gasteiger partial charge in [0.15, 0.2) is 11.6 Å². The van der Waals surface area contributed by atoms with E-state index in [4.69, 9.17) is 6.42 Å². The standard InChI is InChI=1S/C21H30O2.C21H28O2.H2/c2*1-4-21(23)12-9-18-16-6-5-14-13-15(22)7-10-19(14,2)17(16)8-11-20(18,21)3;/h4,13,16-18,23H,1,5-12H2,2-3H3;1,13,16-18,23H,5-12H2,2-3H3;1H/t2*16?,17?,18?,19-,20-,21-;/m00./s1. The Morgan fingerprint density at radius 1 is 0.696 bits per heavy atom. The minimum Gasteiger partial charge on any atom is -0.385 e. The molecule has 0 aromatic rings. The predicted molar refractivity (Wildman–Crippen MR) is 184 cm³/mol. The monoisotopic (exact) mass is 628 g/mol. The summed E-state index contributed by atoms with van der Waals surface area (Å²) in [5.74, 6) is 7.27. The molecule has 0 amide bonds. The number of carbonyl (C=O) groups is 2. The molecule has 0 radical (unpaired) electrons. The average Bonchev–Trinajstić information content (AvgIpc) is 3.47. The van der Waals surface area contributed by atoms with E-state index in [0.717, 1.165) is 77.0 Å². The van der Waals surface area contributed by atoms with Crippen molar-refractivity contribution in [3.63, 3.8) is 0 Å². The lowest BCUT2D eigenvalue weighted by molar-refractivity contribution is -0.120. The molecule has 0 aliphatic heterocycles. The lowest BCUT2D eigenvalue weighted by Gasteiger charge is -2.58. The molecule has 8 aliphatic carbocycles. The Kier molecular flexibility index (Phi) is 7.63. The number of allylic oxidation sites excluding steroid dienone is 2. The van der Waals surface area contributed by atoms with Crippen LogP contribution in [0.5, 0.6) is 0 Å². The number of carbonyl (C=O) groups excluding carboxylic acids is 2. The Hall–Kier alpha value is -1.96. The minimum atomic E-state index is -0.914. The van der Waals surface area contributed by atoms with Crippen LogP contribution < -0.4 is 0 Å². The smallest absolute Gasteiger partial charge is 0.155 e. The number of hydrogen-bond acceptors (Lipinski definition) is 4. The normalized spacial score (nSPS) is 52.1. The van der Waals surface area contributed by atoms with E-state index < -0.39 is 11.2 Å². The van der Waals surface area contributed by atoms with E-state index in [-0.39, 0.29) is 23.1 Å². The molecule has 0 spiro atoms. The highest BCUT2D eigenvalue weighted by molar-refractivity contribution is 5.92. The number of rotatable bonds is 1. The lowest BCUT2D eigenvalue weighted by Crippen LogP contribution is -2.54. The maximum Gasteiger partial charge on any atom is 0.155 e.